The number of carbonyl (C=O) groups excluding carboxylic acids is 1. The third-order valence-electron chi connectivity index (χ3n) is 5.00. The van der Waals surface area contributed by atoms with Crippen LogP contribution >= 0.6 is 0 Å². The Labute approximate surface area is 173 Å². The van der Waals surface area contributed by atoms with Crippen molar-refractivity contribution in [2.45, 2.75) is 17.9 Å². The Morgan fingerprint density at radius 1 is 0.900 bits per heavy atom. The summed E-state index contributed by atoms with van der Waals surface area (Å²) in [6.07, 6.45) is 0. The molecule has 0 aliphatic carbocycles. The average molecular weight is 423 g/mol. The highest BCUT2D eigenvalue weighted by Crippen LogP contribution is 2.44. The second kappa shape index (κ2) is 7.42. The number of anilines is 1. The molecule has 3 aromatic carbocycles. The number of aliphatic hydroxyl groups is 1. The van der Waals surface area contributed by atoms with Gasteiger partial charge in [-0.3, -0.25) is 9.69 Å². The van der Waals surface area contributed by atoms with Gasteiger partial charge in [-0.05, 0) is 48.9 Å². The van der Waals surface area contributed by atoms with E-state index < -0.39 is 38.3 Å². The van der Waals surface area contributed by atoms with Gasteiger partial charge in [0.15, 0.2) is 5.76 Å². The van der Waals surface area contributed by atoms with Crippen LogP contribution in [0.25, 0.3) is 0 Å². The molecule has 0 spiro atoms. The average Bonchev–Trinajstić information content (AvgIpc) is 3.01. The fourth-order valence-corrected chi connectivity index (χ4v) is 5.15. The first-order valence-electron chi connectivity index (χ1n) is 9.19. The lowest BCUT2D eigenvalue weighted by Gasteiger charge is -2.27. The van der Waals surface area contributed by atoms with Crippen LogP contribution in [0.15, 0.2) is 94.4 Å². The van der Waals surface area contributed by atoms with Crippen LogP contribution in [0.1, 0.15) is 17.2 Å². The fraction of sp³-hybridized carbons (Fsp3) is 0.0870. The van der Waals surface area contributed by atoms with Crippen molar-refractivity contribution in [1.29, 1.82) is 0 Å². The minimum atomic E-state index is -4.18. The molecule has 5 nitrogen and oxygen atoms in total. The van der Waals surface area contributed by atoms with Gasteiger partial charge in [0.2, 0.25) is 9.84 Å². The normalized spacial score (nSPS) is 16.9. The molecule has 1 aliphatic heterocycles. The Balaban J connectivity index is 1.94. The van der Waals surface area contributed by atoms with Crippen LogP contribution < -0.4 is 4.90 Å². The van der Waals surface area contributed by atoms with Crippen molar-refractivity contribution in [2.75, 3.05) is 4.90 Å². The van der Waals surface area contributed by atoms with Crippen LogP contribution in [0.3, 0.4) is 0 Å². The Bertz CT molecular complexity index is 1230. The van der Waals surface area contributed by atoms with Crippen LogP contribution in [-0.4, -0.2) is 19.4 Å². The van der Waals surface area contributed by atoms with E-state index in [4.69, 9.17) is 0 Å². The molecule has 1 heterocycles. The minimum Gasteiger partial charge on any atom is -0.502 e. The number of halogens is 1. The topological polar surface area (TPSA) is 74.7 Å². The maximum Gasteiger partial charge on any atom is 0.295 e. The number of benzene rings is 3. The molecule has 0 radical (unpaired) electrons. The van der Waals surface area contributed by atoms with Gasteiger partial charge < -0.3 is 5.11 Å². The minimum absolute atomic E-state index is 0.0302. The Morgan fingerprint density at radius 2 is 1.50 bits per heavy atom. The van der Waals surface area contributed by atoms with E-state index in [9.17, 15) is 22.7 Å². The molecule has 3 aromatic rings. The molecule has 1 atom stereocenters. The molecule has 0 saturated heterocycles. The molecule has 1 unspecified atom stereocenters. The van der Waals surface area contributed by atoms with Gasteiger partial charge in [-0.1, -0.05) is 48.0 Å². The highest BCUT2D eigenvalue weighted by molar-refractivity contribution is 7.95. The van der Waals surface area contributed by atoms with Gasteiger partial charge in [0.05, 0.1) is 4.90 Å². The maximum absolute atomic E-state index is 13.4. The standard InChI is InChI=1S/C23H18FNO4S/c1-15-7-9-16(10-8-15)20-22(30(28,29)19-5-3-2-4-6-19)21(26)23(27)25(20)18-13-11-17(24)12-14-18/h2-14,20,26H,1H3. The number of hydrogen-bond donors (Lipinski definition) is 1. The number of hydrogen-bond acceptors (Lipinski definition) is 4. The van der Waals surface area contributed by atoms with Crippen molar-refractivity contribution >= 4 is 21.4 Å². The van der Waals surface area contributed by atoms with Gasteiger partial charge in [0.25, 0.3) is 5.91 Å². The summed E-state index contributed by atoms with van der Waals surface area (Å²) in [5.74, 6) is -2.19. The van der Waals surface area contributed by atoms with E-state index in [0.717, 1.165) is 5.56 Å². The van der Waals surface area contributed by atoms with E-state index in [1.54, 1.807) is 42.5 Å². The molecule has 30 heavy (non-hydrogen) atoms. The van der Waals surface area contributed by atoms with Crippen LogP contribution in [0.5, 0.6) is 0 Å². The summed E-state index contributed by atoms with van der Waals surface area (Å²) in [5, 5.41) is 10.7. The van der Waals surface area contributed by atoms with E-state index in [0.29, 0.717) is 5.56 Å². The van der Waals surface area contributed by atoms with E-state index >= 15 is 0 Å². The van der Waals surface area contributed by atoms with E-state index in [2.05, 4.69) is 0 Å². The molecule has 0 bridgehead atoms. The molecular formula is C23H18FNO4S. The molecule has 0 saturated carbocycles. The summed E-state index contributed by atoms with van der Waals surface area (Å²) in [7, 11) is -4.18. The lowest BCUT2D eigenvalue weighted by atomic mass is 10.0. The summed E-state index contributed by atoms with van der Waals surface area (Å²) in [5.41, 5.74) is 1.74. The van der Waals surface area contributed by atoms with Crippen LogP contribution in [0.4, 0.5) is 10.1 Å². The fourth-order valence-electron chi connectivity index (χ4n) is 3.50. The number of amides is 1. The van der Waals surface area contributed by atoms with Crippen molar-refractivity contribution in [1.82, 2.24) is 0 Å². The zero-order valence-electron chi connectivity index (χ0n) is 16.0. The summed E-state index contributed by atoms with van der Waals surface area (Å²) >= 11 is 0. The van der Waals surface area contributed by atoms with Crippen molar-refractivity contribution in [3.8, 4) is 0 Å². The summed E-state index contributed by atoms with van der Waals surface area (Å²) in [6.45, 7) is 1.89. The van der Waals surface area contributed by atoms with E-state index in [-0.39, 0.29) is 10.6 Å². The Morgan fingerprint density at radius 3 is 2.10 bits per heavy atom. The summed E-state index contributed by atoms with van der Waals surface area (Å²) < 4.78 is 40.3. The number of nitrogens with zero attached hydrogens (tertiary/aromatic N) is 1. The molecule has 0 fully saturated rings. The first-order chi connectivity index (χ1) is 14.3. The van der Waals surface area contributed by atoms with E-state index in [1.165, 1.54) is 41.3 Å². The number of sulfone groups is 1. The molecule has 1 N–H and O–H groups in total. The lowest BCUT2D eigenvalue weighted by Crippen LogP contribution is -2.31. The van der Waals surface area contributed by atoms with Gasteiger partial charge in [-0.15, -0.1) is 0 Å². The van der Waals surface area contributed by atoms with Gasteiger partial charge >= 0.3 is 0 Å². The second-order valence-corrected chi connectivity index (χ2v) is 8.91. The van der Waals surface area contributed by atoms with Crippen molar-refractivity contribution in [2.24, 2.45) is 0 Å². The SMILES string of the molecule is Cc1ccc(C2C(S(=O)(=O)c3ccccc3)=C(O)C(=O)N2c2ccc(F)cc2)cc1. The van der Waals surface area contributed by atoms with Crippen molar-refractivity contribution in [3.05, 3.63) is 106 Å². The highest BCUT2D eigenvalue weighted by atomic mass is 32.2. The number of aryl methyl sites for hydroxylation is 1. The van der Waals surface area contributed by atoms with Crippen molar-refractivity contribution < 1.29 is 22.7 Å². The number of rotatable bonds is 4. The van der Waals surface area contributed by atoms with Gasteiger partial charge in [-0.25, -0.2) is 12.8 Å². The molecule has 0 aromatic heterocycles. The predicted molar refractivity (Wildman–Crippen MR) is 111 cm³/mol. The molecule has 152 valence electrons. The first kappa shape index (κ1) is 19.8. The largest absolute Gasteiger partial charge is 0.502 e. The monoisotopic (exact) mass is 423 g/mol. The molecule has 1 amide bonds. The maximum atomic E-state index is 13.4. The van der Waals surface area contributed by atoms with Crippen LogP contribution in [-0.2, 0) is 14.6 Å². The molecular weight excluding hydrogens is 405 g/mol. The molecule has 1 aliphatic rings. The summed E-state index contributed by atoms with van der Waals surface area (Å²) in [6, 6.07) is 18.7. The van der Waals surface area contributed by atoms with Crippen LogP contribution in [0, 0.1) is 12.7 Å². The summed E-state index contributed by atoms with van der Waals surface area (Å²) in [4.78, 5) is 13.7. The van der Waals surface area contributed by atoms with Gasteiger partial charge in [0, 0.05) is 5.69 Å². The smallest absolute Gasteiger partial charge is 0.295 e. The number of aliphatic hydroxyl groups excluding tert-OH is 1. The van der Waals surface area contributed by atoms with Gasteiger partial charge in [0.1, 0.15) is 16.8 Å². The van der Waals surface area contributed by atoms with Crippen LogP contribution in [0.2, 0.25) is 0 Å². The molecule has 4 rings (SSSR count). The predicted octanol–water partition coefficient (Wildman–Crippen LogP) is 4.47. The van der Waals surface area contributed by atoms with Gasteiger partial charge in [-0.2, -0.15) is 0 Å². The highest BCUT2D eigenvalue weighted by Gasteiger charge is 2.47. The number of carbonyl (C=O) groups is 1. The Hall–Kier alpha value is -3.45. The van der Waals surface area contributed by atoms with E-state index in [1.807, 2.05) is 6.92 Å². The third kappa shape index (κ3) is 3.27. The van der Waals surface area contributed by atoms with Crippen molar-refractivity contribution in [3.63, 3.8) is 0 Å². The second-order valence-electron chi connectivity index (χ2n) is 6.99. The zero-order chi connectivity index (χ0) is 21.5. The first-order valence-corrected chi connectivity index (χ1v) is 10.7. The Kier molecular flexibility index (Phi) is 4.91. The molecule has 7 heteroatoms. The quantitative estimate of drug-likeness (QED) is 0.672. The zero-order valence-corrected chi connectivity index (χ0v) is 16.8. The lowest BCUT2D eigenvalue weighted by molar-refractivity contribution is -0.117. The third-order valence-corrected chi connectivity index (χ3v) is 6.89.